The van der Waals surface area contributed by atoms with Crippen LogP contribution in [0.15, 0.2) is 4.99 Å². The predicted octanol–water partition coefficient (Wildman–Crippen LogP) is 3.19. The van der Waals surface area contributed by atoms with Gasteiger partial charge in [-0.15, -0.1) is 24.0 Å². The largest absolute Gasteiger partial charge is 0.444 e. The molecule has 28 heavy (non-hydrogen) atoms. The lowest BCUT2D eigenvalue weighted by Crippen LogP contribution is -2.55. The second kappa shape index (κ2) is 12.0. The van der Waals surface area contributed by atoms with Gasteiger partial charge in [0.05, 0.1) is 5.54 Å². The van der Waals surface area contributed by atoms with Gasteiger partial charge in [-0.05, 0) is 66.5 Å². The molecule has 1 aliphatic heterocycles. The minimum atomic E-state index is -0.507. The summed E-state index contributed by atoms with van der Waals surface area (Å²) in [5, 5.41) is 9.66. The van der Waals surface area contributed by atoms with E-state index in [1.165, 1.54) is 25.9 Å². The molecule has 0 spiro atoms. The lowest BCUT2D eigenvalue weighted by molar-refractivity contribution is 0.0474. The van der Waals surface area contributed by atoms with E-state index in [9.17, 15) is 4.79 Å². The fraction of sp³-hybridized carbons (Fsp3) is 0.900. The molecule has 1 unspecified atom stereocenters. The molecule has 8 heteroatoms. The van der Waals surface area contributed by atoms with E-state index in [4.69, 9.17) is 4.74 Å². The highest BCUT2D eigenvalue weighted by Crippen LogP contribution is 2.17. The van der Waals surface area contributed by atoms with E-state index in [-0.39, 0.29) is 24.0 Å². The second-order valence-corrected chi connectivity index (χ2v) is 9.37. The Morgan fingerprint density at radius 3 is 2.14 bits per heavy atom. The Hall–Kier alpha value is -0.770. The maximum absolute atomic E-state index is 12.0. The van der Waals surface area contributed by atoms with Gasteiger partial charge in [-0.25, -0.2) is 4.79 Å². The smallest absolute Gasteiger partial charge is 0.408 e. The van der Waals surface area contributed by atoms with Crippen LogP contribution in [-0.4, -0.2) is 67.4 Å². The molecule has 0 radical (unpaired) electrons. The standard InChI is InChI=1S/C20H41N5O2.HI/c1-15(2)16(25-11-9-10-12-25)13-22-17(21-8)23-14-20(6,7)24-18(26)27-19(3,4)5;/h15-16H,9-14H2,1-8H3,(H,24,26)(H2,21,22,23);1H. The first-order valence-corrected chi connectivity index (χ1v) is 10.1. The summed E-state index contributed by atoms with van der Waals surface area (Å²) in [4.78, 5) is 18.9. The highest BCUT2D eigenvalue weighted by molar-refractivity contribution is 14.0. The second-order valence-electron chi connectivity index (χ2n) is 9.37. The fourth-order valence-electron chi connectivity index (χ4n) is 3.21. The van der Waals surface area contributed by atoms with Crippen LogP contribution < -0.4 is 16.0 Å². The van der Waals surface area contributed by atoms with Crippen molar-refractivity contribution < 1.29 is 9.53 Å². The van der Waals surface area contributed by atoms with Crippen molar-refractivity contribution in [2.24, 2.45) is 10.9 Å². The topological polar surface area (TPSA) is 78.0 Å². The number of nitrogens with zero attached hydrogens (tertiary/aromatic N) is 2. The first kappa shape index (κ1) is 27.2. The number of aliphatic imine (C=N–C) groups is 1. The third kappa shape index (κ3) is 10.7. The van der Waals surface area contributed by atoms with Crippen LogP contribution in [-0.2, 0) is 4.74 Å². The molecule has 7 nitrogen and oxygen atoms in total. The number of ether oxygens (including phenoxy) is 1. The van der Waals surface area contributed by atoms with E-state index in [0.29, 0.717) is 18.5 Å². The van der Waals surface area contributed by atoms with Crippen LogP contribution in [0.4, 0.5) is 4.79 Å². The SMILES string of the molecule is CN=C(NCC(C(C)C)N1CCCC1)NCC(C)(C)NC(=O)OC(C)(C)C.I. The normalized spacial score (nSPS) is 17.1. The molecule has 0 bridgehead atoms. The molecule has 1 atom stereocenters. The maximum Gasteiger partial charge on any atom is 0.408 e. The van der Waals surface area contributed by atoms with Gasteiger partial charge in [0, 0.05) is 26.2 Å². The molecule has 0 aromatic rings. The number of amides is 1. The molecule has 1 heterocycles. The lowest BCUT2D eigenvalue weighted by Gasteiger charge is -2.32. The molecule has 0 aromatic heterocycles. The zero-order valence-electron chi connectivity index (χ0n) is 19.0. The summed E-state index contributed by atoms with van der Waals surface area (Å²) in [6.07, 6.45) is 2.17. The van der Waals surface area contributed by atoms with Crippen LogP contribution in [0.2, 0.25) is 0 Å². The van der Waals surface area contributed by atoms with E-state index in [1.54, 1.807) is 7.05 Å². The molecule has 0 saturated carbocycles. The van der Waals surface area contributed by atoms with Gasteiger partial charge in [-0.1, -0.05) is 13.8 Å². The van der Waals surface area contributed by atoms with Crippen LogP contribution in [0.3, 0.4) is 0 Å². The molecule has 0 aromatic carbocycles. The number of halogens is 1. The first-order valence-electron chi connectivity index (χ1n) is 10.1. The van der Waals surface area contributed by atoms with Crippen LogP contribution in [0.25, 0.3) is 0 Å². The summed E-state index contributed by atoms with van der Waals surface area (Å²) in [6.45, 7) is 17.8. The molecule has 1 amide bonds. The average molecular weight is 511 g/mol. The summed E-state index contributed by atoms with van der Waals surface area (Å²) in [5.74, 6) is 1.33. The third-order valence-corrected chi connectivity index (χ3v) is 4.62. The van der Waals surface area contributed by atoms with Crippen LogP contribution in [0, 0.1) is 5.92 Å². The molecule has 3 N–H and O–H groups in total. The Morgan fingerprint density at radius 2 is 1.68 bits per heavy atom. The van der Waals surface area contributed by atoms with E-state index in [2.05, 4.69) is 39.7 Å². The van der Waals surface area contributed by atoms with E-state index < -0.39 is 17.2 Å². The average Bonchev–Trinajstić information content (AvgIpc) is 3.01. The predicted molar refractivity (Wildman–Crippen MR) is 128 cm³/mol. The Labute approximate surface area is 188 Å². The van der Waals surface area contributed by atoms with Crippen LogP contribution in [0.1, 0.15) is 61.3 Å². The number of alkyl carbamates (subject to hydrolysis) is 1. The molecular weight excluding hydrogens is 469 g/mol. The van der Waals surface area contributed by atoms with Gasteiger partial charge >= 0.3 is 6.09 Å². The van der Waals surface area contributed by atoms with Gasteiger partial charge in [0.25, 0.3) is 0 Å². The van der Waals surface area contributed by atoms with Crippen molar-refractivity contribution in [2.45, 2.75) is 78.5 Å². The van der Waals surface area contributed by atoms with Crippen molar-refractivity contribution in [3.05, 3.63) is 0 Å². The van der Waals surface area contributed by atoms with Gasteiger partial charge in [-0.3, -0.25) is 9.89 Å². The number of carbonyl (C=O) groups excluding carboxylic acids is 1. The number of likely N-dealkylation sites (tertiary alicyclic amines) is 1. The van der Waals surface area contributed by atoms with Crippen molar-refractivity contribution in [3.8, 4) is 0 Å². The van der Waals surface area contributed by atoms with Gasteiger partial charge in [-0.2, -0.15) is 0 Å². The van der Waals surface area contributed by atoms with Gasteiger partial charge in [0.15, 0.2) is 5.96 Å². The van der Waals surface area contributed by atoms with Crippen LogP contribution in [0.5, 0.6) is 0 Å². The van der Waals surface area contributed by atoms with Crippen molar-refractivity contribution in [2.75, 3.05) is 33.2 Å². The number of rotatable bonds is 7. The van der Waals surface area contributed by atoms with Crippen molar-refractivity contribution in [3.63, 3.8) is 0 Å². The van der Waals surface area contributed by atoms with Gasteiger partial charge in [0.2, 0.25) is 0 Å². The van der Waals surface area contributed by atoms with Gasteiger partial charge in [0.1, 0.15) is 5.60 Å². The maximum atomic E-state index is 12.0. The minimum absolute atomic E-state index is 0. The monoisotopic (exact) mass is 511 g/mol. The number of hydrogen-bond acceptors (Lipinski definition) is 4. The molecule has 1 aliphatic rings. The Balaban J connectivity index is 0.00000729. The number of hydrogen-bond donors (Lipinski definition) is 3. The van der Waals surface area contributed by atoms with Crippen molar-refractivity contribution in [1.82, 2.24) is 20.9 Å². The highest BCUT2D eigenvalue weighted by Gasteiger charge is 2.26. The lowest BCUT2D eigenvalue weighted by atomic mass is 10.0. The minimum Gasteiger partial charge on any atom is -0.444 e. The van der Waals surface area contributed by atoms with E-state index in [0.717, 1.165) is 12.5 Å². The summed E-state index contributed by atoms with van der Waals surface area (Å²) in [5.41, 5.74) is -0.973. The quantitative estimate of drug-likeness (QED) is 0.278. The zero-order chi connectivity index (χ0) is 20.7. The summed E-state index contributed by atoms with van der Waals surface area (Å²) >= 11 is 0. The van der Waals surface area contributed by atoms with Crippen LogP contribution >= 0.6 is 24.0 Å². The summed E-state index contributed by atoms with van der Waals surface area (Å²) < 4.78 is 5.34. The molecule has 166 valence electrons. The number of carbonyl (C=O) groups is 1. The van der Waals surface area contributed by atoms with Gasteiger partial charge < -0.3 is 20.7 Å². The first-order chi connectivity index (χ1) is 12.4. The fourth-order valence-corrected chi connectivity index (χ4v) is 3.21. The Kier molecular flexibility index (Phi) is 11.7. The van der Waals surface area contributed by atoms with E-state index >= 15 is 0 Å². The summed E-state index contributed by atoms with van der Waals surface area (Å²) in [7, 11) is 1.77. The van der Waals surface area contributed by atoms with Crippen molar-refractivity contribution >= 4 is 36.0 Å². The number of nitrogens with one attached hydrogen (secondary N) is 3. The third-order valence-electron chi connectivity index (χ3n) is 4.62. The Morgan fingerprint density at radius 1 is 1.11 bits per heavy atom. The van der Waals surface area contributed by atoms with E-state index in [1.807, 2.05) is 34.6 Å². The number of guanidine groups is 1. The molecule has 1 fully saturated rings. The summed E-state index contributed by atoms with van der Waals surface area (Å²) in [6, 6.07) is 0.499. The van der Waals surface area contributed by atoms with Crippen molar-refractivity contribution in [1.29, 1.82) is 0 Å². The zero-order valence-corrected chi connectivity index (χ0v) is 21.3. The Bertz CT molecular complexity index is 497. The molecule has 1 rings (SSSR count). The highest BCUT2D eigenvalue weighted by atomic mass is 127. The molecule has 1 saturated heterocycles. The molecular formula is C20H42IN5O2. The molecule has 0 aliphatic carbocycles.